The van der Waals surface area contributed by atoms with Crippen LogP contribution < -0.4 is 11.2 Å². The lowest BCUT2D eigenvalue weighted by Gasteiger charge is -2.41. The average molecular weight is 510 g/mol. The maximum Gasteiger partial charge on any atom is 0.330 e. The largest absolute Gasteiger partial charge is 0.408 e. The van der Waals surface area contributed by atoms with Crippen LogP contribution in [0.15, 0.2) is 27.0 Å². The monoisotopic (exact) mass is 509 g/mol. The van der Waals surface area contributed by atoms with Crippen molar-refractivity contribution in [1.82, 2.24) is 9.55 Å². The number of nitrogens with zero attached hydrogens (tertiary/aromatic N) is 4. The minimum Gasteiger partial charge on any atom is -0.408 e. The third-order valence-corrected chi connectivity index (χ3v) is 17.2. The number of ether oxygens (including phenoxy) is 1. The highest BCUT2D eigenvalue weighted by atomic mass is 28.4. The molecule has 10 nitrogen and oxygen atoms in total. The van der Waals surface area contributed by atoms with Crippen molar-refractivity contribution in [2.45, 2.75) is 108 Å². The van der Waals surface area contributed by atoms with Gasteiger partial charge in [0.2, 0.25) is 0 Å². The molecule has 0 spiro atoms. The molecule has 1 N–H and O–H groups in total. The summed E-state index contributed by atoms with van der Waals surface area (Å²) in [5, 5.41) is 3.77. The van der Waals surface area contributed by atoms with Crippen LogP contribution in [0.5, 0.6) is 0 Å². The van der Waals surface area contributed by atoms with E-state index in [-0.39, 0.29) is 16.6 Å². The Morgan fingerprint density at radius 2 is 1.76 bits per heavy atom. The van der Waals surface area contributed by atoms with Crippen LogP contribution in [0.4, 0.5) is 0 Å². The van der Waals surface area contributed by atoms with E-state index in [4.69, 9.17) is 19.1 Å². The van der Waals surface area contributed by atoms with Crippen molar-refractivity contribution in [1.29, 1.82) is 0 Å². The van der Waals surface area contributed by atoms with E-state index in [9.17, 15) is 9.59 Å². The summed E-state index contributed by atoms with van der Waals surface area (Å²) >= 11 is 0. The maximum absolute atomic E-state index is 12.5. The number of hydrogen-bond acceptors (Lipinski definition) is 6. The predicted molar refractivity (Wildman–Crippen MR) is 136 cm³/mol. The number of nitrogens with one attached hydrogen (secondary N) is 1. The quantitative estimate of drug-likeness (QED) is 0.247. The van der Waals surface area contributed by atoms with Crippen LogP contribution in [0.2, 0.25) is 36.3 Å². The Bertz CT molecular complexity index is 1110. The van der Waals surface area contributed by atoms with E-state index < -0.39 is 51.4 Å². The first-order valence-corrected chi connectivity index (χ1v) is 17.5. The molecule has 1 aromatic rings. The number of aromatic amines is 1. The van der Waals surface area contributed by atoms with Gasteiger partial charge in [0.15, 0.2) is 16.6 Å². The molecule has 2 unspecified atom stereocenters. The third-order valence-electron chi connectivity index (χ3n) is 8.30. The summed E-state index contributed by atoms with van der Waals surface area (Å²) < 4.78 is 21.8. The zero-order valence-corrected chi connectivity index (χ0v) is 24.1. The van der Waals surface area contributed by atoms with E-state index in [1.807, 2.05) is 0 Å². The van der Waals surface area contributed by atoms with Gasteiger partial charge < -0.3 is 13.6 Å². The van der Waals surface area contributed by atoms with E-state index in [1.54, 1.807) is 0 Å². The molecule has 0 amide bonds. The molecule has 12 heteroatoms. The number of aromatic nitrogens is 2. The lowest BCUT2D eigenvalue weighted by atomic mass is 10.2. The Kier molecular flexibility index (Phi) is 6.47. The SMILES string of the molecule is CC(C)(C)[Si](C)(C)OC1C2(O[Si](C)(C)C(C)(C)C)C[C@H](n3ccc(=O)[nH]c3=O)O[C@]12CN=[N+]=[N-]. The molecule has 1 aliphatic heterocycles. The van der Waals surface area contributed by atoms with Gasteiger partial charge in [-0.25, -0.2) is 4.79 Å². The summed E-state index contributed by atoms with van der Waals surface area (Å²) in [7, 11) is -4.57. The summed E-state index contributed by atoms with van der Waals surface area (Å²) in [4.78, 5) is 29.4. The highest BCUT2D eigenvalue weighted by Crippen LogP contribution is 2.68. The highest BCUT2D eigenvalue weighted by Gasteiger charge is 2.86. The van der Waals surface area contributed by atoms with Crippen molar-refractivity contribution >= 4 is 16.6 Å². The fraction of sp³-hybridized carbons (Fsp3) is 0.818. The number of fused-ring (bicyclic) bond motifs is 1. The topological polar surface area (TPSA) is 131 Å². The van der Waals surface area contributed by atoms with Crippen molar-refractivity contribution in [3.8, 4) is 0 Å². The predicted octanol–water partition coefficient (Wildman–Crippen LogP) is 4.67. The van der Waals surface area contributed by atoms with E-state index in [0.29, 0.717) is 6.42 Å². The zero-order valence-electron chi connectivity index (χ0n) is 22.1. The highest BCUT2D eigenvalue weighted by molar-refractivity contribution is 6.75. The van der Waals surface area contributed by atoms with Gasteiger partial charge >= 0.3 is 5.69 Å². The number of H-pyrrole nitrogens is 1. The van der Waals surface area contributed by atoms with Crippen LogP contribution >= 0.6 is 0 Å². The van der Waals surface area contributed by atoms with Gasteiger partial charge in [-0.3, -0.25) is 14.3 Å². The second-order valence-corrected chi connectivity index (χ2v) is 22.1. The molecule has 1 aliphatic carbocycles. The molecule has 2 aliphatic rings. The normalized spacial score (nSPS) is 29.5. The molecular formula is C22H39N5O5Si2. The van der Waals surface area contributed by atoms with Gasteiger partial charge in [-0.15, -0.1) is 0 Å². The molecule has 2 heterocycles. The second-order valence-electron chi connectivity index (χ2n) is 12.6. The molecule has 4 atom stereocenters. The molecular weight excluding hydrogens is 470 g/mol. The first-order chi connectivity index (χ1) is 15.3. The molecule has 190 valence electrons. The number of azide groups is 1. The molecule has 0 radical (unpaired) electrons. The van der Waals surface area contributed by atoms with Gasteiger partial charge in [0.1, 0.15) is 23.5 Å². The van der Waals surface area contributed by atoms with Gasteiger partial charge in [0, 0.05) is 23.6 Å². The number of rotatable bonds is 7. The van der Waals surface area contributed by atoms with Crippen molar-refractivity contribution in [3.63, 3.8) is 0 Å². The smallest absolute Gasteiger partial charge is 0.330 e. The zero-order chi connectivity index (χ0) is 26.0. The molecule has 2 fully saturated rings. The summed E-state index contributed by atoms with van der Waals surface area (Å²) in [5.41, 5.74) is 6.26. The Labute approximate surface area is 202 Å². The van der Waals surface area contributed by atoms with Crippen LogP contribution in [-0.2, 0) is 13.6 Å². The first-order valence-electron chi connectivity index (χ1n) is 11.7. The van der Waals surface area contributed by atoms with Crippen LogP contribution in [0.25, 0.3) is 10.4 Å². The third kappa shape index (κ3) is 4.24. The Hall–Kier alpha value is -1.70. The van der Waals surface area contributed by atoms with Gasteiger partial charge in [-0.1, -0.05) is 46.7 Å². The standard InChI is InChI=1S/C22H39N5O5Si2/c1-19(2,3)33(7,8)31-17-21(32-34(9,10)20(4,5)6)13-16(30-22(17,21)14-24-26-23)27-12-11-15(28)25-18(27)29/h11-12,16-17H,13-14H2,1-10H3,(H,25,28,29)/t16-,17?,21?,22-/m1/s1. The summed E-state index contributed by atoms with van der Waals surface area (Å²) in [6.07, 6.45) is 0.685. The van der Waals surface area contributed by atoms with Gasteiger partial charge in [-0.2, -0.15) is 0 Å². The molecule has 0 bridgehead atoms. The Morgan fingerprint density at radius 3 is 2.26 bits per heavy atom. The van der Waals surface area contributed by atoms with E-state index >= 15 is 0 Å². The van der Waals surface area contributed by atoms with E-state index in [2.05, 4.69) is 82.7 Å². The number of hydrogen-bond donors (Lipinski definition) is 1. The molecule has 3 rings (SSSR count). The Balaban J connectivity index is 2.11. The van der Waals surface area contributed by atoms with Crippen LogP contribution in [0, 0.1) is 0 Å². The maximum atomic E-state index is 12.5. The van der Waals surface area contributed by atoms with Gasteiger partial charge in [0.25, 0.3) is 5.56 Å². The molecule has 1 saturated carbocycles. The minimum atomic E-state index is -2.33. The van der Waals surface area contributed by atoms with Crippen LogP contribution in [0.3, 0.4) is 0 Å². The molecule has 1 saturated heterocycles. The summed E-state index contributed by atoms with van der Waals surface area (Å²) in [6, 6.07) is 1.29. The Morgan fingerprint density at radius 1 is 1.18 bits per heavy atom. The van der Waals surface area contributed by atoms with Crippen molar-refractivity contribution in [2.24, 2.45) is 5.11 Å². The second kappa shape index (κ2) is 8.17. The molecule has 0 aromatic carbocycles. The van der Waals surface area contributed by atoms with Crippen molar-refractivity contribution < 1.29 is 13.6 Å². The lowest BCUT2D eigenvalue weighted by Crippen LogP contribution is -2.48. The molecule has 1 aromatic heterocycles. The van der Waals surface area contributed by atoms with Gasteiger partial charge in [-0.05, 0) is 41.8 Å². The van der Waals surface area contributed by atoms with Crippen molar-refractivity contribution in [2.75, 3.05) is 6.54 Å². The summed E-state index contributed by atoms with van der Waals surface area (Å²) in [6.45, 7) is 21.7. The fourth-order valence-corrected chi connectivity index (χ4v) is 7.05. The van der Waals surface area contributed by atoms with E-state index in [0.717, 1.165) is 0 Å². The fourth-order valence-electron chi connectivity index (χ4n) is 4.14. The average Bonchev–Trinajstić information content (AvgIpc) is 2.97. The lowest BCUT2D eigenvalue weighted by molar-refractivity contribution is -0.0610. The minimum absolute atomic E-state index is 0.0337. The first kappa shape index (κ1) is 26.9. The van der Waals surface area contributed by atoms with E-state index in [1.165, 1.54) is 16.8 Å². The van der Waals surface area contributed by atoms with Gasteiger partial charge in [0.05, 0.1) is 6.54 Å². The molecule has 34 heavy (non-hydrogen) atoms. The van der Waals surface area contributed by atoms with Crippen LogP contribution in [0.1, 0.15) is 54.2 Å². The summed E-state index contributed by atoms with van der Waals surface area (Å²) in [5.74, 6) is 0. The van der Waals surface area contributed by atoms with Crippen molar-refractivity contribution in [3.05, 3.63) is 43.5 Å². The van der Waals surface area contributed by atoms with Crippen LogP contribution in [-0.4, -0.2) is 50.0 Å².